The molecule has 2 aliphatic rings. The van der Waals surface area contributed by atoms with Gasteiger partial charge < -0.3 is 0 Å². The highest BCUT2D eigenvalue weighted by molar-refractivity contribution is 7.99. The maximum absolute atomic E-state index is 8.23. The van der Waals surface area contributed by atoms with Crippen molar-refractivity contribution in [1.29, 1.82) is 0 Å². The first-order valence-electron chi connectivity index (χ1n) is 5.26. The fourth-order valence-corrected chi connectivity index (χ4v) is 3.29. The Bertz CT molecular complexity index is 229. The lowest BCUT2D eigenvalue weighted by atomic mass is 10.2. The van der Waals surface area contributed by atoms with Crippen LogP contribution < -0.4 is 0 Å². The van der Waals surface area contributed by atoms with Crippen LogP contribution in [0.25, 0.3) is 10.4 Å². The monoisotopic (exact) mass is 212 g/mol. The van der Waals surface area contributed by atoms with Gasteiger partial charge in [0.05, 0.1) is 0 Å². The minimum absolute atomic E-state index is 0.633. The predicted molar refractivity (Wildman–Crippen MR) is 59.5 cm³/mol. The molecule has 1 saturated heterocycles. The first kappa shape index (κ1) is 10.1. The van der Waals surface area contributed by atoms with Crippen LogP contribution in [-0.2, 0) is 0 Å². The summed E-state index contributed by atoms with van der Waals surface area (Å²) < 4.78 is 0. The van der Waals surface area contributed by atoms with Crippen molar-refractivity contribution >= 4 is 11.8 Å². The van der Waals surface area contributed by atoms with Crippen LogP contribution in [0.3, 0.4) is 0 Å². The van der Waals surface area contributed by atoms with Gasteiger partial charge in [0.1, 0.15) is 0 Å². The van der Waals surface area contributed by atoms with Gasteiger partial charge >= 0.3 is 0 Å². The molecule has 0 N–H and O–H groups in total. The van der Waals surface area contributed by atoms with E-state index in [-0.39, 0.29) is 0 Å². The van der Waals surface area contributed by atoms with Crippen LogP contribution in [0.4, 0.5) is 0 Å². The lowest BCUT2D eigenvalue weighted by molar-refractivity contribution is 0.208. The fraction of sp³-hybridized carbons (Fsp3) is 1.00. The Hall–Kier alpha value is -0.380. The van der Waals surface area contributed by atoms with E-state index < -0.39 is 0 Å². The minimum Gasteiger partial charge on any atom is -0.296 e. The van der Waals surface area contributed by atoms with E-state index in [0.717, 1.165) is 18.6 Å². The molecular weight excluding hydrogens is 196 g/mol. The summed E-state index contributed by atoms with van der Waals surface area (Å²) >= 11 is 2.05. The smallest absolute Gasteiger partial charge is 0.0386 e. The van der Waals surface area contributed by atoms with Crippen molar-refractivity contribution < 1.29 is 0 Å². The lowest BCUT2D eigenvalue weighted by Gasteiger charge is -2.27. The van der Waals surface area contributed by atoms with E-state index in [0.29, 0.717) is 6.54 Å². The zero-order valence-corrected chi connectivity index (χ0v) is 9.12. The highest BCUT2D eigenvalue weighted by Gasteiger charge is 2.34. The molecule has 5 heteroatoms. The summed E-state index contributed by atoms with van der Waals surface area (Å²) in [5.74, 6) is 2.57. The molecule has 0 aromatic carbocycles. The highest BCUT2D eigenvalue weighted by atomic mass is 32.2. The van der Waals surface area contributed by atoms with Crippen LogP contribution in [0.15, 0.2) is 5.11 Å². The van der Waals surface area contributed by atoms with Crippen molar-refractivity contribution in [3.8, 4) is 0 Å². The van der Waals surface area contributed by atoms with Crippen LogP contribution in [0, 0.1) is 0 Å². The summed E-state index contributed by atoms with van der Waals surface area (Å²) in [6.07, 6.45) is 4.01. The number of hydrogen-bond donors (Lipinski definition) is 0. The van der Waals surface area contributed by atoms with Gasteiger partial charge in [-0.1, -0.05) is 5.11 Å². The summed E-state index contributed by atoms with van der Waals surface area (Å²) in [6, 6.07) is 1.55. The normalized spacial score (nSPS) is 26.5. The van der Waals surface area contributed by atoms with Gasteiger partial charge in [-0.3, -0.25) is 4.90 Å². The van der Waals surface area contributed by atoms with Crippen LogP contribution in [0.1, 0.15) is 19.3 Å². The van der Waals surface area contributed by atoms with Crippen molar-refractivity contribution in [2.24, 2.45) is 5.11 Å². The summed E-state index contributed by atoms with van der Waals surface area (Å²) in [5, 5.41) is 3.63. The van der Waals surface area contributed by atoms with Crippen molar-refractivity contribution in [1.82, 2.24) is 4.90 Å². The zero-order valence-electron chi connectivity index (χ0n) is 8.30. The van der Waals surface area contributed by atoms with Crippen molar-refractivity contribution in [3.05, 3.63) is 10.4 Å². The minimum atomic E-state index is 0.633. The molecule has 0 bridgehead atoms. The molecule has 0 unspecified atom stereocenters. The third kappa shape index (κ3) is 2.56. The van der Waals surface area contributed by atoms with Crippen LogP contribution >= 0.6 is 11.8 Å². The molecule has 0 aromatic heterocycles. The van der Waals surface area contributed by atoms with Crippen LogP contribution in [-0.4, -0.2) is 41.6 Å². The molecule has 0 aromatic rings. The first-order chi connectivity index (χ1) is 6.92. The Morgan fingerprint density at radius 3 is 2.79 bits per heavy atom. The molecular formula is C9H16N4S. The second-order valence-electron chi connectivity index (χ2n) is 3.94. The van der Waals surface area contributed by atoms with E-state index >= 15 is 0 Å². The average Bonchev–Trinajstić information content (AvgIpc) is 2.88. The van der Waals surface area contributed by atoms with Gasteiger partial charge in [0.25, 0.3) is 0 Å². The molecule has 2 fully saturated rings. The third-order valence-corrected chi connectivity index (χ3v) is 4.06. The van der Waals surface area contributed by atoms with Crippen molar-refractivity contribution in [2.75, 3.05) is 24.6 Å². The van der Waals surface area contributed by atoms with E-state index in [2.05, 4.69) is 14.9 Å². The van der Waals surface area contributed by atoms with E-state index in [1.165, 1.54) is 30.8 Å². The summed E-state index contributed by atoms with van der Waals surface area (Å²) in [4.78, 5) is 5.37. The Morgan fingerprint density at radius 2 is 2.21 bits per heavy atom. The Balaban J connectivity index is 1.83. The molecule has 1 aliphatic heterocycles. The molecule has 0 spiro atoms. The van der Waals surface area contributed by atoms with Gasteiger partial charge in [0, 0.05) is 35.8 Å². The Kier molecular flexibility index (Phi) is 3.56. The zero-order chi connectivity index (χ0) is 9.80. The van der Waals surface area contributed by atoms with Gasteiger partial charge in [-0.25, -0.2) is 0 Å². The van der Waals surface area contributed by atoms with Crippen LogP contribution in [0.5, 0.6) is 0 Å². The van der Waals surface area contributed by atoms with Crippen LogP contribution in [0.2, 0.25) is 0 Å². The topological polar surface area (TPSA) is 52.0 Å². The number of rotatable bonds is 5. The molecule has 14 heavy (non-hydrogen) atoms. The van der Waals surface area contributed by atoms with E-state index in [1.54, 1.807) is 0 Å². The average molecular weight is 212 g/mol. The van der Waals surface area contributed by atoms with E-state index in [4.69, 9.17) is 5.53 Å². The van der Waals surface area contributed by atoms with Gasteiger partial charge in [-0.05, 0) is 30.5 Å². The summed E-state index contributed by atoms with van der Waals surface area (Å²) in [6.45, 7) is 1.59. The molecule has 1 aliphatic carbocycles. The second-order valence-corrected chi connectivity index (χ2v) is 5.09. The van der Waals surface area contributed by atoms with Gasteiger partial charge in [-0.2, -0.15) is 11.8 Å². The number of azide groups is 1. The predicted octanol–water partition coefficient (Wildman–Crippen LogP) is 2.27. The molecule has 4 nitrogen and oxygen atoms in total. The van der Waals surface area contributed by atoms with Crippen molar-refractivity contribution in [3.63, 3.8) is 0 Å². The summed E-state index contributed by atoms with van der Waals surface area (Å²) in [5.41, 5.74) is 8.23. The molecule has 1 atom stereocenters. The van der Waals surface area contributed by atoms with E-state index in [1.807, 2.05) is 11.8 Å². The standard InChI is InChI=1S/C9H16N4S/c10-12-11-4-5-13(8-1-2-8)9-3-6-14-7-9/h8-9H,1-7H2/t9-/m1/s1. The fourth-order valence-electron chi connectivity index (χ4n) is 2.06. The molecule has 0 amide bonds. The lowest BCUT2D eigenvalue weighted by Crippen LogP contribution is -2.38. The quantitative estimate of drug-likeness (QED) is 0.399. The first-order valence-corrected chi connectivity index (χ1v) is 6.41. The van der Waals surface area contributed by atoms with Crippen molar-refractivity contribution in [2.45, 2.75) is 31.3 Å². The van der Waals surface area contributed by atoms with Gasteiger partial charge in [0.2, 0.25) is 0 Å². The van der Waals surface area contributed by atoms with Gasteiger partial charge in [-0.15, -0.1) is 0 Å². The molecule has 0 radical (unpaired) electrons. The number of nitrogens with zero attached hydrogens (tertiary/aromatic N) is 4. The molecule has 1 heterocycles. The van der Waals surface area contributed by atoms with Gasteiger partial charge in [0.15, 0.2) is 0 Å². The maximum Gasteiger partial charge on any atom is 0.0386 e. The third-order valence-electron chi connectivity index (χ3n) is 2.91. The molecule has 1 saturated carbocycles. The molecule has 2 rings (SSSR count). The summed E-state index contributed by atoms with van der Waals surface area (Å²) in [7, 11) is 0. The Morgan fingerprint density at radius 1 is 1.36 bits per heavy atom. The Labute approximate surface area is 88.7 Å². The SMILES string of the molecule is [N-]=[N+]=NCCN(C1CC1)[C@@H]1CCSC1. The highest BCUT2D eigenvalue weighted by Crippen LogP contribution is 2.33. The number of hydrogen-bond acceptors (Lipinski definition) is 3. The second kappa shape index (κ2) is 4.91. The van der Waals surface area contributed by atoms with E-state index in [9.17, 15) is 0 Å². The number of thioether (sulfide) groups is 1. The maximum atomic E-state index is 8.23. The molecule has 78 valence electrons. The largest absolute Gasteiger partial charge is 0.296 e.